The second-order valence-electron chi connectivity index (χ2n) is 7.35. The first-order valence-electron chi connectivity index (χ1n) is 8.77. The van der Waals surface area contributed by atoms with Crippen LogP contribution >= 0.6 is 23.4 Å². The number of hydrogen-bond acceptors (Lipinski definition) is 4. The van der Waals surface area contributed by atoms with Gasteiger partial charge in [-0.2, -0.15) is 0 Å². The molecule has 3 rings (SSSR count). The van der Waals surface area contributed by atoms with Gasteiger partial charge in [-0.15, -0.1) is 11.8 Å². The van der Waals surface area contributed by atoms with Crippen LogP contribution in [-0.2, 0) is 0 Å². The third kappa shape index (κ3) is 4.02. The molecule has 2 aliphatic heterocycles. The number of aliphatic hydroxyl groups is 1. The van der Waals surface area contributed by atoms with Gasteiger partial charge in [0.2, 0.25) is 0 Å². The third-order valence-electron chi connectivity index (χ3n) is 5.77. The van der Waals surface area contributed by atoms with Crippen LogP contribution < -0.4 is 5.73 Å². The van der Waals surface area contributed by atoms with Crippen molar-refractivity contribution in [3.8, 4) is 0 Å². The number of halogens is 1. The van der Waals surface area contributed by atoms with Crippen molar-refractivity contribution >= 4 is 23.4 Å². The zero-order chi connectivity index (χ0) is 15.6. The highest BCUT2D eigenvalue weighted by Crippen LogP contribution is 2.44. The van der Waals surface area contributed by atoms with Crippen LogP contribution in [-0.4, -0.2) is 47.0 Å². The van der Waals surface area contributed by atoms with E-state index in [-0.39, 0.29) is 0 Å². The fraction of sp³-hybridized carbons (Fsp3) is 0.882. The fourth-order valence-corrected chi connectivity index (χ4v) is 5.63. The predicted octanol–water partition coefficient (Wildman–Crippen LogP) is 3.16. The quantitative estimate of drug-likeness (QED) is 0.822. The standard InChI is InChI=1S/C17H29ClN2OS/c18-16-10-13(12-22-16)15(17(21)6-2-1-3-7-17)11-20-8-4-14(19)5-9-20/h10,13-15,21H,1-9,11-12,19H2. The largest absolute Gasteiger partial charge is 0.390 e. The SMILES string of the molecule is NC1CCN(CC(C2C=C(Cl)SC2)C2(O)CCCCC2)CC1. The third-order valence-corrected chi connectivity index (χ3v) is 7.19. The number of hydrogen-bond donors (Lipinski definition) is 2. The summed E-state index contributed by atoms with van der Waals surface area (Å²) in [7, 11) is 0. The van der Waals surface area contributed by atoms with E-state index in [9.17, 15) is 5.11 Å². The molecule has 1 saturated heterocycles. The average Bonchev–Trinajstić information content (AvgIpc) is 2.93. The molecule has 3 N–H and O–H groups in total. The van der Waals surface area contributed by atoms with Crippen molar-refractivity contribution in [3.05, 3.63) is 10.4 Å². The summed E-state index contributed by atoms with van der Waals surface area (Å²) in [5.74, 6) is 1.75. The molecule has 22 heavy (non-hydrogen) atoms. The van der Waals surface area contributed by atoms with Crippen LogP contribution in [0, 0.1) is 11.8 Å². The normalized spacial score (nSPS) is 32.0. The van der Waals surface area contributed by atoms with Gasteiger partial charge >= 0.3 is 0 Å². The van der Waals surface area contributed by atoms with Crippen LogP contribution in [0.4, 0.5) is 0 Å². The number of thioether (sulfide) groups is 1. The molecule has 0 radical (unpaired) electrons. The molecule has 3 nitrogen and oxygen atoms in total. The summed E-state index contributed by atoms with van der Waals surface area (Å²) >= 11 is 7.95. The number of piperidine rings is 1. The first-order valence-corrected chi connectivity index (χ1v) is 10.1. The van der Waals surface area contributed by atoms with Crippen molar-refractivity contribution < 1.29 is 5.11 Å². The predicted molar refractivity (Wildman–Crippen MR) is 95.1 cm³/mol. The zero-order valence-electron chi connectivity index (χ0n) is 13.3. The Morgan fingerprint density at radius 1 is 1.32 bits per heavy atom. The van der Waals surface area contributed by atoms with Gasteiger partial charge < -0.3 is 15.7 Å². The summed E-state index contributed by atoms with van der Waals surface area (Å²) in [6.07, 6.45) is 9.87. The van der Waals surface area contributed by atoms with E-state index in [0.717, 1.165) is 68.3 Å². The van der Waals surface area contributed by atoms with Crippen LogP contribution in [0.1, 0.15) is 44.9 Å². The molecule has 0 amide bonds. The van der Waals surface area contributed by atoms with E-state index in [1.165, 1.54) is 6.42 Å². The molecule has 1 aliphatic carbocycles. The summed E-state index contributed by atoms with van der Waals surface area (Å²) in [5.41, 5.74) is 5.53. The Labute approximate surface area is 143 Å². The first kappa shape index (κ1) is 17.1. The number of nitrogens with two attached hydrogens (primary N) is 1. The van der Waals surface area contributed by atoms with Gasteiger partial charge in [-0.1, -0.05) is 36.9 Å². The molecule has 0 aromatic heterocycles. The lowest BCUT2D eigenvalue weighted by Crippen LogP contribution is -2.51. The van der Waals surface area contributed by atoms with Gasteiger partial charge in [0.05, 0.1) is 9.97 Å². The van der Waals surface area contributed by atoms with Gasteiger partial charge in [-0.3, -0.25) is 0 Å². The van der Waals surface area contributed by atoms with Crippen molar-refractivity contribution in [2.75, 3.05) is 25.4 Å². The molecule has 2 heterocycles. The Bertz CT molecular complexity index is 403. The molecular formula is C17H29ClN2OS. The lowest BCUT2D eigenvalue weighted by Gasteiger charge is -2.44. The fourth-order valence-electron chi connectivity index (χ4n) is 4.32. The second kappa shape index (κ2) is 7.43. The number of rotatable bonds is 4. The Balaban J connectivity index is 1.71. The molecule has 2 atom stereocenters. The van der Waals surface area contributed by atoms with Crippen molar-refractivity contribution in [3.63, 3.8) is 0 Å². The van der Waals surface area contributed by atoms with Crippen LogP contribution in [0.5, 0.6) is 0 Å². The molecule has 0 aromatic rings. The minimum absolute atomic E-state index is 0.311. The average molecular weight is 345 g/mol. The summed E-state index contributed by atoms with van der Waals surface area (Å²) in [6, 6.07) is 0.365. The molecule has 2 unspecified atom stereocenters. The smallest absolute Gasteiger partial charge is 0.0698 e. The number of likely N-dealkylation sites (tertiary alicyclic amines) is 1. The highest BCUT2D eigenvalue weighted by molar-refractivity contribution is 8.04. The minimum atomic E-state index is -0.499. The monoisotopic (exact) mass is 344 g/mol. The highest BCUT2D eigenvalue weighted by Gasteiger charge is 2.43. The second-order valence-corrected chi connectivity index (χ2v) is 9.05. The van der Waals surface area contributed by atoms with E-state index in [1.807, 2.05) is 0 Å². The summed E-state index contributed by atoms with van der Waals surface area (Å²) in [6.45, 7) is 3.14. The zero-order valence-corrected chi connectivity index (χ0v) is 14.9. The van der Waals surface area contributed by atoms with Crippen molar-refractivity contribution in [1.29, 1.82) is 0 Å². The highest BCUT2D eigenvalue weighted by atomic mass is 35.5. The Morgan fingerprint density at radius 2 is 2.00 bits per heavy atom. The molecule has 3 aliphatic rings. The van der Waals surface area contributed by atoms with E-state index in [2.05, 4.69) is 11.0 Å². The van der Waals surface area contributed by atoms with Gasteiger partial charge in [0, 0.05) is 24.3 Å². The molecule has 0 aromatic carbocycles. The van der Waals surface area contributed by atoms with Crippen molar-refractivity contribution in [1.82, 2.24) is 4.90 Å². The van der Waals surface area contributed by atoms with E-state index in [4.69, 9.17) is 17.3 Å². The van der Waals surface area contributed by atoms with Gasteiger partial charge in [0.25, 0.3) is 0 Å². The lowest BCUT2D eigenvalue weighted by atomic mass is 9.70. The topological polar surface area (TPSA) is 49.5 Å². The van der Waals surface area contributed by atoms with Gasteiger partial charge in [0.15, 0.2) is 0 Å². The van der Waals surface area contributed by atoms with Gasteiger partial charge in [-0.25, -0.2) is 0 Å². The van der Waals surface area contributed by atoms with E-state index in [0.29, 0.717) is 17.9 Å². The number of nitrogens with zero attached hydrogens (tertiary/aromatic N) is 1. The maximum Gasteiger partial charge on any atom is 0.0698 e. The minimum Gasteiger partial charge on any atom is -0.390 e. The summed E-state index contributed by atoms with van der Waals surface area (Å²) < 4.78 is 0.912. The van der Waals surface area contributed by atoms with Gasteiger partial charge in [0.1, 0.15) is 0 Å². The lowest BCUT2D eigenvalue weighted by molar-refractivity contribution is -0.0724. The van der Waals surface area contributed by atoms with Crippen molar-refractivity contribution in [2.24, 2.45) is 17.6 Å². The maximum absolute atomic E-state index is 11.3. The Hall–Kier alpha value is 0.260. The molecule has 2 fully saturated rings. The van der Waals surface area contributed by atoms with E-state index >= 15 is 0 Å². The van der Waals surface area contributed by atoms with Crippen molar-refractivity contribution in [2.45, 2.75) is 56.6 Å². The molecular weight excluding hydrogens is 316 g/mol. The molecule has 0 spiro atoms. The molecule has 126 valence electrons. The maximum atomic E-state index is 11.3. The van der Waals surface area contributed by atoms with E-state index in [1.54, 1.807) is 11.8 Å². The molecule has 1 saturated carbocycles. The van der Waals surface area contributed by atoms with Crippen LogP contribution in [0.15, 0.2) is 10.4 Å². The van der Waals surface area contributed by atoms with Crippen LogP contribution in [0.3, 0.4) is 0 Å². The van der Waals surface area contributed by atoms with Crippen LogP contribution in [0.2, 0.25) is 0 Å². The van der Waals surface area contributed by atoms with E-state index < -0.39 is 5.60 Å². The first-order chi connectivity index (χ1) is 10.6. The summed E-state index contributed by atoms with van der Waals surface area (Å²) in [5, 5.41) is 11.3. The molecule has 5 heteroatoms. The van der Waals surface area contributed by atoms with Crippen LogP contribution in [0.25, 0.3) is 0 Å². The Kier molecular flexibility index (Phi) is 5.78. The molecule has 0 bridgehead atoms. The van der Waals surface area contributed by atoms with Gasteiger partial charge in [-0.05, 0) is 44.7 Å². The number of allylic oxidation sites excluding steroid dienone is 1. The summed E-state index contributed by atoms with van der Waals surface area (Å²) in [4.78, 5) is 2.52. The Morgan fingerprint density at radius 3 is 2.59 bits per heavy atom.